The monoisotopic (exact) mass is 162 g/mol. The van der Waals surface area contributed by atoms with Crippen molar-refractivity contribution >= 4 is 6.21 Å². The topological polar surface area (TPSA) is 24.4 Å². The standard InChI is InChI=1S/C10H14N2/c1-2-6-10(11-8-4-1)7-3-5-9-12-10/h1-2,4,6,8,12H,3,5,7,9H2. The van der Waals surface area contributed by atoms with Crippen LogP contribution in [0, 0.1) is 0 Å². The molecule has 2 heteroatoms. The van der Waals surface area contributed by atoms with Crippen molar-refractivity contribution in [1.82, 2.24) is 5.32 Å². The van der Waals surface area contributed by atoms with Gasteiger partial charge in [0.1, 0.15) is 5.66 Å². The average molecular weight is 162 g/mol. The van der Waals surface area contributed by atoms with Gasteiger partial charge in [0.2, 0.25) is 0 Å². The van der Waals surface area contributed by atoms with Gasteiger partial charge in [-0.25, -0.2) is 0 Å². The number of aliphatic imine (C=N–C) groups is 1. The zero-order chi connectivity index (χ0) is 8.28. The van der Waals surface area contributed by atoms with Gasteiger partial charge in [-0.2, -0.15) is 0 Å². The summed E-state index contributed by atoms with van der Waals surface area (Å²) in [6, 6.07) is 0. The molecule has 0 aromatic rings. The van der Waals surface area contributed by atoms with Crippen molar-refractivity contribution in [1.29, 1.82) is 0 Å². The number of nitrogens with zero attached hydrogens (tertiary/aromatic N) is 1. The maximum absolute atomic E-state index is 4.50. The third-order valence-corrected chi connectivity index (χ3v) is 2.40. The number of allylic oxidation sites excluding steroid dienone is 3. The Morgan fingerprint density at radius 3 is 3.00 bits per heavy atom. The van der Waals surface area contributed by atoms with Gasteiger partial charge in [0.05, 0.1) is 0 Å². The first-order chi connectivity index (χ1) is 5.91. The maximum Gasteiger partial charge on any atom is 0.129 e. The Hall–Kier alpha value is -0.890. The molecule has 64 valence electrons. The highest BCUT2D eigenvalue weighted by Gasteiger charge is 2.27. The van der Waals surface area contributed by atoms with Crippen molar-refractivity contribution in [3.05, 3.63) is 24.3 Å². The normalized spacial score (nSPS) is 34.0. The lowest BCUT2D eigenvalue weighted by atomic mass is 9.98. The fraction of sp³-hybridized carbons (Fsp3) is 0.500. The SMILES string of the molecule is C1=CC=NC2(C=C1)CCCCN2. The van der Waals surface area contributed by atoms with Crippen LogP contribution in [0.15, 0.2) is 29.3 Å². The van der Waals surface area contributed by atoms with E-state index < -0.39 is 0 Å². The molecule has 0 amide bonds. The van der Waals surface area contributed by atoms with Crippen LogP contribution in [-0.2, 0) is 0 Å². The molecule has 2 aliphatic heterocycles. The van der Waals surface area contributed by atoms with Gasteiger partial charge in [-0.15, -0.1) is 0 Å². The predicted octanol–water partition coefficient (Wildman–Crippen LogP) is 1.65. The summed E-state index contributed by atoms with van der Waals surface area (Å²) in [4.78, 5) is 4.50. The Morgan fingerprint density at radius 1 is 1.17 bits per heavy atom. The number of nitrogens with one attached hydrogen (secondary N) is 1. The van der Waals surface area contributed by atoms with Crippen LogP contribution >= 0.6 is 0 Å². The van der Waals surface area contributed by atoms with Crippen molar-refractivity contribution in [2.24, 2.45) is 4.99 Å². The Kier molecular flexibility index (Phi) is 2.09. The van der Waals surface area contributed by atoms with E-state index in [2.05, 4.69) is 22.5 Å². The molecule has 12 heavy (non-hydrogen) atoms. The lowest BCUT2D eigenvalue weighted by molar-refractivity contribution is 0.328. The van der Waals surface area contributed by atoms with Gasteiger partial charge in [-0.1, -0.05) is 12.2 Å². The summed E-state index contributed by atoms with van der Waals surface area (Å²) in [6.45, 7) is 1.08. The average Bonchev–Trinajstić information content (AvgIpc) is 2.33. The molecule has 1 atom stereocenters. The quantitative estimate of drug-likeness (QED) is 0.575. The van der Waals surface area contributed by atoms with E-state index in [9.17, 15) is 0 Å². The van der Waals surface area contributed by atoms with E-state index >= 15 is 0 Å². The Morgan fingerprint density at radius 2 is 2.17 bits per heavy atom. The molecule has 0 aromatic heterocycles. The van der Waals surface area contributed by atoms with Crippen molar-refractivity contribution in [3.8, 4) is 0 Å². The van der Waals surface area contributed by atoms with E-state index in [0.29, 0.717) is 0 Å². The maximum atomic E-state index is 4.50. The third-order valence-electron chi connectivity index (χ3n) is 2.40. The highest BCUT2D eigenvalue weighted by Crippen LogP contribution is 2.22. The zero-order valence-corrected chi connectivity index (χ0v) is 7.16. The minimum Gasteiger partial charge on any atom is -0.290 e. The molecule has 2 nitrogen and oxygen atoms in total. The first-order valence-corrected chi connectivity index (χ1v) is 4.56. The minimum atomic E-state index is -0.0816. The molecule has 0 aromatic carbocycles. The van der Waals surface area contributed by atoms with E-state index in [1.54, 1.807) is 0 Å². The first-order valence-electron chi connectivity index (χ1n) is 4.56. The number of hydrogen-bond acceptors (Lipinski definition) is 2. The molecule has 0 aliphatic carbocycles. The highest BCUT2D eigenvalue weighted by molar-refractivity contribution is 5.72. The molecule has 2 rings (SSSR count). The molecular formula is C10H14N2. The van der Waals surface area contributed by atoms with E-state index in [4.69, 9.17) is 0 Å². The van der Waals surface area contributed by atoms with Crippen molar-refractivity contribution in [2.45, 2.75) is 24.9 Å². The van der Waals surface area contributed by atoms with Gasteiger partial charge in [-0.3, -0.25) is 10.3 Å². The molecule has 1 spiro atoms. The van der Waals surface area contributed by atoms with Crippen LogP contribution in [0.2, 0.25) is 0 Å². The molecule has 0 bridgehead atoms. The first kappa shape index (κ1) is 7.74. The van der Waals surface area contributed by atoms with Gasteiger partial charge >= 0.3 is 0 Å². The van der Waals surface area contributed by atoms with Crippen molar-refractivity contribution in [3.63, 3.8) is 0 Å². The summed E-state index contributed by atoms with van der Waals surface area (Å²) in [5, 5.41) is 3.45. The van der Waals surface area contributed by atoms with Gasteiger partial charge < -0.3 is 0 Å². The van der Waals surface area contributed by atoms with Crippen molar-refractivity contribution in [2.75, 3.05) is 6.54 Å². The number of hydrogen-bond donors (Lipinski definition) is 1. The summed E-state index contributed by atoms with van der Waals surface area (Å²) in [5.74, 6) is 0. The number of rotatable bonds is 0. The van der Waals surface area contributed by atoms with Crippen LogP contribution in [0.3, 0.4) is 0 Å². The highest BCUT2D eigenvalue weighted by atomic mass is 15.1. The van der Waals surface area contributed by atoms with Crippen LogP contribution in [0.5, 0.6) is 0 Å². The summed E-state index contributed by atoms with van der Waals surface area (Å²) >= 11 is 0. The minimum absolute atomic E-state index is 0.0816. The summed E-state index contributed by atoms with van der Waals surface area (Å²) in [7, 11) is 0. The smallest absolute Gasteiger partial charge is 0.129 e. The molecular weight excluding hydrogens is 148 g/mol. The molecule has 0 radical (unpaired) electrons. The van der Waals surface area contributed by atoms with Gasteiger partial charge in [-0.05, 0) is 38.0 Å². The molecule has 1 fully saturated rings. The number of piperidine rings is 1. The van der Waals surface area contributed by atoms with Crippen LogP contribution in [0.1, 0.15) is 19.3 Å². The lowest BCUT2D eigenvalue weighted by Gasteiger charge is -2.31. The zero-order valence-electron chi connectivity index (χ0n) is 7.16. The lowest BCUT2D eigenvalue weighted by Crippen LogP contribution is -2.45. The molecule has 0 saturated carbocycles. The fourth-order valence-corrected chi connectivity index (χ4v) is 1.71. The Bertz CT molecular complexity index is 214. The summed E-state index contributed by atoms with van der Waals surface area (Å²) < 4.78 is 0. The van der Waals surface area contributed by atoms with Gasteiger partial charge in [0.15, 0.2) is 0 Å². The third kappa shape index (κ3) is 1.48. The summed E-state index contributed by atoms with van der Waals surface area (Å²) in [5.41, 5.74) is -0.0816. The van der Waals surface area contributed by atoms with E-state index in [1.807, 2.05) is 18.4 Å². The second kappa shape index (κ2) is 3.23. The second-order valence-electron chi connectivity index (χ2n) is 3.33. The molecule has 2 aliphatic rings. The fourth-order valence-electron chi connectivity index (χ4n) is 1.71. The van der Waals surface area contributed by atoms with Crippen LogP contribution < -0.4 is 5.32 Å². The van der Waals surface area contributed by atoms with Crippen molar-refractivity contribution < 1.29 is 0 Å². The van der Waals surface area contributed by atoms with Gasteiger partial charge in [0, 0.05) is 6.21 Å². The van der Waals surface area contributed by atoms with E-state index in [-0.39, 0.29) is 5.66 Å². The molecule has 1 saturated heterocycles. The largest absolute Gasteiger partial charge is 0.290 e. The van der Waals surface area contributed by atoms with Crippen LogP contribution in [0.25, 0.3) is 0 Å². The van der Waals surface area contributed by atoms with Gasteiger partial charge in [0.25, 0.3) is 0 Å². The van der Waals surface area contributed by atoms with E-state index in [0.717, 1.165) is 13.0 Å². The molecule has 1 unspecified atom stereocenters. The van der Waals surface area contributed by atoms with Crippen LogP contribution in [-0.4, -0.2) is 18.4 Å². The molecule has 1 N–H and O–H groups in total. The summed E-state index contributed by atoms with van der Waals surface area (Å²) in [6.07, 6.45) is 13.8. The Labute approximate surface area is 73.1 Å². The second-order valence-corrected chi connectivity index (χ2v) is 3.33. The molecule has 2 heterocycles. The van der Waals surface area contributed by atoms with E-state index in [1.165, 1.54) is 12.8 Å². The van der Waals surface area contributed by atoms with Crippen LogP contribution in [0.4, 0.5) is 0 Å². The predicted molar refractivity (Wildman–Crippen MR) is 51.4 cm³/mol. The Balaban J connectivity index is 2.18.